The summed E-state index contributed by atoms with van der Waals surface area (Å²) in [6.07, 6.45) is 3.75. The first kappa shape index (κ1) is 12.8. The van der Waals surface area contributed by atoms with Crippen molar-refractivity contribution in [3.05, 3.63) is 15.9 Å². The lowest BCUT2D eigenvalue weighted by Gasteiger charge is -2.03. The van der Waals surface area contributed by atoms with E-state index in [1.54, 1.807) is 4.68 Å². The Balaban J connectivity index is 1.96. The van der Waals surface area contributed by atoms with Crippen LogP contribution in [0, 0.1) is 0 Å². The van der Waals surface area contributed by atoms with Gasteiger partial charge in [0.1, 0.15) is 0 Å². The van der Waals surface area contributed by atoms with Crippen molar-refractivity contribution < 1.29 is 4.79 Å². The lowest BCUT2D eigenvalue weighted by molar-refractivity contribution is -0.117. The number of ketones is 1. The van der Waals surface area contributed by atoms with Gasteiger partial charge in [0, 0.05) is 13.1 Å². The van der Waals surface area contributed by atoms with Gasteiger partial charge in [-0.05, 0) is 35.2 Å². The summed E-state index contributed by atoms with van der Waals surface area (Å²) in [5.74, 6) is 0.225. The number of Topliss-reactive ketones (excluding diaryl/α,β-unsaturated/α-hetero) is 1. The van der Waals surface area contributed by atoms with Gasteiger partial charge in [0.2, 0.25) is 0 Å². The molecule has 0 aromatic carbocycles. The largest absolute Gasteiger partial charge is 0.307 e. The number of aryl methyl sites for hydroxylation is 2. The van der Waals surface area contributed by atoms with Crippen LogP contribution in [0.4, 0.5) is 0 Å². The van der Waals surface area contributed by atoms with Gasteiger partial charge < -0.3 is 5.32 Å². The zero-order chi connectivity index (χ0) is 12.4. The third-order valence-electron chi connectivity index (χ3n) is 3.03. The van der Waals surface area contributed by atoms with Crippen molar-refractivity contribution in [3.63, 3.8) is 0 Å². The van der Waals surface area contributed by atoms with Gasteiger partial charge in [-0.1, -0.05) is 6.92 Å². The molecule has 4 nitrogen and oxygen atoms in total. The second-order valence-corrected chi connectivity index (χ2v) is 5.35. The number of halogens is 1. The Kier molecular flexibility index (Phi) is 3.99. The van der Waals surface area contributed by atoms with Gasteiger partial charge in [0.15, 0.2) is 5.78 Å². The highest BCUT2D eigenvalue weighted by molar-refractivity contribution is 9.10. The minimum Gasteiger partial charge on any atom is -0.307 e. The van der Waals surface area contributed by atoms with Gasteiger partial charge in [0.25, 0.3) is 0 Å². The van der Waals surface area contributed by atoms with E-state index in [1.807, 2.05) is 7.05 Å². The molecule has 1 saturated carbocycles. The van der Waals surface area contributed by atoms with E-state index in [2.05, 4.69) is 33.3 Å². The van der Waals surface area contributed by atoms with Gasteiger partial charge >= 0.3 is 0 Å². The molecule has 0 spiro atoms. The fourth-order valence-corrected chi connectivity index (χ4v) is 2.56. The highest BCUT2D eigenvalue weighted by Crippen LogP contribution is 2.22. The molecule has 1 heterocycles. The van der Waals surface area contributed by atoms with Crippen molar-refractivity contribution in [2.24, 2.45) is 7.05 Å². The molecular weight excluding hydrogens is 282 g/mol. The average molecular weight is 300 g/mol. The molecule has 1 fully saturated rings. The normalized spacial score (nSPS) is 15.2. The Morgan fingerprint density at radius 1 is 1.59 bits per heavy atom. The number of hydrogen-bond acceptors (Lipinski definition) is 3. The van der Waals surface area contributed by atoms with Gasteiger partial charge in [-0.2, -0.15) is 5.10 Å². The van der Waals surface area contributed by atoms with E-state index >= 15 is 0 Å². The van der Waals surface area contributed by atoms with Crippen LogP contribution in [0.5, 0.6) is 0 Å². The predicted octanol–water partition coefficient (Wildman–Crippen LogP) is 1.61. The van der Waals surface area contributed by atoms with E-state index in [9.17, 15) is 4.79 Å². The first-order chi connectivity index (χ1) is 8.11. The molecule has 17 heavy (non-hydrogen) atoms. The summed E-state index contributed by atoms with van der Waals surface area (Å²) in [5, 5.41) is 7.63. The van der Waals surface area contributed by atoms with E-state index in [-0.39, 0.29) is 5.78 Å². The zero-order valence-electron chi connectivity index (χ0n) is 10.3. The molecule has 0 amide bonds. The molecule has 5 heteroatoms. The van der Waals surface area contributed by atoms with Crippen LogP contribution in [-0.2, 0) is 24.7 Å². The van der Waals surface area contributed by atoms with Crippen molar-refractivity contribution in [3.8, 4) is 0 Å². The predicted molar refractivity (Wildman–Crippen MR) is 70.0 cm³/mol. The zero-order valence-corrected chi connectivity index (χ0v) is 11.9. The third-order valence-corrected chi connectivity index (χ3v) is 3.95. The van der Waals surface area contributed by atoms with Crippen molar-refractivity contribution in [1.82, 2.24) is 15.1 Å². The standard InChI is InChI=1S/C12H18BrN3O/c1-3-10-12(13)11(16(2)15-10)6-9(17)7-14-8-4-5-8/h8,14H,3-7H2,1-2H3. The topological polar surface area (TPSA) is 46.9 Å². The van der Waals surface area contributed by atoms with E-state index in [0.29, 0.717) is 19.0 Å². The Labute approximate surface area is 110 Å². The first-order valence-electron chi connectivity index (χ1n) is 6.07. The summed E-state index contributed by atoms with van der Waals surface area (Å²) in [5.41, 5.74) is 2.00. The van der Waals surface area contributed by atoms with Crippen LogP contribution in [0.2, 0.25) is 0 Å². The summed E-state index contributed by atoms with van der Waals surface area (Å²) in [6, 6.07) is 0.583. The Bertz CT molecular complexity index is 424. The van der Waals surface area contributed by atoms with Crippen LogP contribution >= 0.6 is 15.9 Å². The molecule has 1 aromatic rings. The second-order valence-electron chi connectivity index (χ2n) is 4.56. The number of nitrogens with zero attached hydrogens (tertiary/aromatic N) is 2. The molecule has 0 unspecified atom stereocenters. The molecule has 0 radical (unpaired) electrons. The fourth-order valence-electron chi connectivity index (χ4n) is 1.81. The highest BCUT2D eigenvalue weighted by Gasteiger charge is 2.22. The molecule has 1 aromatic heterocycles. The fraction of sp³-hybridized carbons (Fsp3) is 0.667. The Hall–Kier alpha value is -0.680. The van der Waals surface area contributed by atoms with Crippen LogP contribution in [-0.4, -0.2) is 28.2 Å². The molecule has 94 valence electrons. The van der Waals surface area contributed by atoms with E-state index < -0.39 is 0 Å². The Morgan fingerprint density at radius 2 is 2.29 bits per heavy atom. The molecule has 1 aliphatic carbocycles. The summed E-state index contributed by atoms with van der Waals surface area (Å²) in [7, 11) is 1.89. The smallest absolute Gasteiger partial charge is 0.152 e. The number of carbonyl (C=O) groups is 1. The minimum atomic E-state index is 0.225. The molecule has 1 aliphatic rings. The molecule has 0 bridgehead atoms. The summed E-state index contributed by atoms with van der Waals surface area (Å²) < 4.78 is 2.79. The molecule has 0 aliphatic heterocycles. The van der Waals surface area contributed by atoms with Crippen molar-refractivity contribution in [2.75, 3.05) is 6.54 Å². The Morgan fingerprint density at radius 3 is 2.82 bits per heavy atom. The number of nitrogens with one attached hydrogen (secondary N) is 1. The average Bonchev–Trinajstić information content (AvgIpc) is 3.09. The quantitative estimate of drug-likeness (QED) is 0.868. The molecular formula is C12H18BrN3O. The first-order valence-corrected chi connectivity index (χ1v) is 6.86. The number of aromatic nitrogens is 2. The minimum absolute atomic E-state index is 0.225. The molecule has 0 saturated heterocycles. The van der Waals surface area contributed by atoms with E-state index in [1.165, 1.54) is 12.8 Å². The number of rotatable bonds is 6. The van der Waals surface area contributed by atoms with Gasteiger partial charge in [-0.15, -0.1) is 0 Å². The molecule has 0 atom stereocenters. The lowest BCUT2D eigenvalue weighted by atomic mass is 10.2. The van der Waals surface area contributed by atoms with Crippen LogP contribution in [0.15, 0.2) is 4.47 Å². The lowest BCUT2D eigenvalue weighted by Crippen LogP contribution is -2.26. The monoisotopic (exact) mass is 299 g/mol. The van der Waals surface area contributed by atoms with Crippen molar-refractivity contribution >= 4 is 21.7 Å². The maximum atomic E-state index is 11.8. The van der Waals surface area contributed by atoms with Crippen LogP contribution < -0.4 is 5.32 Å². The number of carbonyl (C=O) groups excluding carboxylic acids is 1. The third kappa shape index (κ3) is 3.16. The molecule has 2 rings (SSSR count). The second kappa shape index (κ2) is 5.31. The van der Waals surface area contributed by atoms with Gasteiger partial charge in [-0.3, -0.25) is 9.48 Å². The summed E-state index contributed by atoms with van der Waals surface area (Å²) >= 11 is 3.53. The van der Waals surface area contributed by atoms with Crippen molar-refractivity contribution in [2.45, 2.75) is 38.6 Å². The van der Waals surface area contributed by atoms with E-state index in [0.717, 1.165) is 22.3 Å². The van der Waals surface area contributed by atoms with Gasteiger partial charge in [0.05, 0.1) is 28.8 Å². The van der Waals surface area contributed by atoms with Crippen LogP contribution in [0.1, 0.15) is 31.2 Å². The van der Waals surface area contributed by atoms with Gasteiger partial charge in [-0.25, -0.2) is 0 Å². The maximum Gasteiger partial charge on any atom is 0.152 e. The summed E-state index contributed by atoms with van der Waals surface area (Å²) in [6.45, 7) is 2.54. The summed E-state index contributed by atoms with van der Waals surface area (Å²) in [4.78, 5) is 11.8. The SMILES string of the molecule is CCc1nn(C)c(CC(=O)CNC2CC2)c1Br. The maximum absolute atomic E-state index is 11.8. The van der Waals surface area contributed by atoms with Crippen molar-refractivity contribution in [1.29, 1.82) is 0 Å². The number of hydrogen-bond donors (Lipinski definition) is 1. The van der Waals surface area contributed by atoms with E-state index in [4.69, 9.17) is 0 Å². The van der Waals surface area contributed by atoms with Crippen LogP contribution in [0.25, 0.3) is 0 Å². The highest BCUT2D eigenvalue weighted by atomic mass is 79.9. The van der Waals surface area contributed by atoms with Crippen LogP contribution in [0.3, 0.4) is 0 Å². The molecule has 1 N–H and O–H groups in total.